The first-order valence-electron chi connectivity index (χ1n) is 9.63. The molecule has 1 aliphatic rings. The number of pyridine rings is 2. The number of rotatable bonds is 4. The fraction of sp³-hybridized carbons (Fsp3) is 0.409. The monoisotopic (exact) mass is 362 g/mol. The van der Waals surface area contributed by atoms with Crippen LogP contribution in [0.1, 0.15) is 47.0 Å². The van der Waals surface area contributed by atoms with Gasteiger partial charge in [0.1, 0.15) is 5.76 Å². The van der Waals surface area contributed by atoms with Gasteiger partial charge in [-0.25, -0.2) is 0 Å². The standard InChI is InChI=1S/C22H26N4O/c1-15-13-23-8-4-20(15)14-26-10-6-18(7-11-26)21-12-19(5-9-24-21)22-16(2)25-27-17(22)3/h4-5,8-9,12-13,18H,6-7,10-11,14H2,1-3H3. The Morgan fingerprint density at radius 1 is 1.11 bits per heavy atom. The zero-order valence-electron chi connectivity index (χ0n) is 16.3. The maximum absolute atomic E-state index is 5.33. The minimum Gasteiger partial charge on any atom is -0.361 e. The minimum absolute atomic E-state index is 0.514. The van der Waals surface area contributed by atoms with E-state index in [0.717, 1.165) is 55.1 Å². The second-order valence-corrected chi connectivity index (χ2v) is 7.52. The molecule has 27 heavy (non-hydrogen) atoms. The van der Waals surface area contributed by atoms with Crippen LogP contribution in [0.15, 0.2) is 41.3 Å². The van der Waals surface area contributed by atoms with Crippen molar-refractivity contribution in [2.75, 3.05) is 13.1 Å². The van der Waals surface area contributed by atoms with Crippen molar-refractivity contribution in [2.24, 2.45) is 0 Å². The summed E-state index contributed by atoms with van der Waals surface area (Å²) in [4.78, 5) is 11.4. The lowest BCUT2D eigenvalue weighted by molar-refractivity contribution is 0.203. The lowest BCUT2D eigenvalue weighted by Gasteiger charge is -2.32. The second-order valence-electron chi connectivity index (χ2n) is 7.52. The van der Waals surface area contributed by atoms with Crippen LogP contribution < -0.4 is 0 Å². The molecule has 1 saturated heterocycles. The van der Waals surface area contributed by atoms with Crippen molar-refractivity contribution in [2.45, 2.75) is 46.1 Å². The Labute approximate surface area is 160 Å². The zero-order chi connectivity index (χ0) is 18.8. The number of aryl methyl sites for hydroxylation is 3. The van der Waals surface area contributed by atoms with E-state index >= 15 is 0 Å². The van der Waals surface area contributed by atoms with E-state index in [1.54, 1.807) is 0 Å². The SMILES string of the molecule is Cc1cnccc1CN1CCC(c2cc(-c3c(C)noc3C)ccn2)CC1. The number of aromatic nitrogens is 3. The van der Waals surface area contributed by atoms with Gasteiger partial charge in [0.05, 0.1) is 5.69 Å². The highest BCUT2D eigenvalue weighted by Gasteiger charge is 2.23. The molecule has 0 amide bonds. The number of piperidine rings is 1. The third kappa shape index (κ3) is 3.78. The van der Waals surface area contributed by atoms with Gasteiger partial charge in [-0.2, -0.15) is 0 Å². The van der Waals surface area contributed by atoms with Gasteiger partial charge in [0, 0.05) is 42.3 Å². The number of hydrogen-bond acceptors (Lipinski definition) is 5. The fourth-order valence-electron chi connectivity index (χ4n) is 4.03. The van der Waals surface area contributed by atoms with Gasteiger partial charge in [0.25, 0.3) is 0 Å². The van der Waals surface area contributed by atoms with E-state index in [-0.39, 0.29) is 0 Å². The van der Waals surface area contributed by atoms with Crippen LogP contribution in [0.3, 0.4) is 0 Å². The van der Waals surface area contributed by atoms with E-state index in [2.05, 4.69) is 45.1 Å². The molecule has 0 spiro atoms. The van der Waals surface area contributed by atoms with E-state index in [9.17, 15) is 0 Å². The van der Waals surface area contributed by atoms with Gasteiger partial charge in [-0.15, -0.1) is 0 Å². The molecule has 5 heteroatoms. The Morgan fingerprint density at radius 3 is 2.63 bits per heavy atom. The summed E-state index contributed by atoms with van der Waals surface area (Å²) >= 11 is 0. The van der Waals surface area contributed by atoms with E-state index in [1.165, 1.54) is 16.8 Å². The van der Waals surface area contributed by atoms with Crippen molar-refractivity contribution in [3.63, 3.8) is 0 Å². The Kier molecular flexibility index (Phi) is 5.03. The van der Waals surface area contributed by atoms with Crippen molar-refractivity contribution in [1.29, 1.82) is 0 Å². The lowest BCUT2D eigenvalue weighted by Crippen LogP contribution is -2.32. The molecule has 4 rings (SSSR count). The Hall–Kier alpha value is -2.53. The third-order valence-electron chi connectivity index (χ3n) is 5.64. The Morgan fingerprint density at radius 2 is 1.93 bits per heavy atom. The van der Waals surface area contributed by atoms with Crippen molar-refractivity contribution in [3.8, 4) is 11.1 Å². The first-order valence-corrected chi connectivity index (χ1v) is 9.63. The highest BCUT2D eigenvalue weighted by Crippen LogP contribution is 2.32. The smallest absolute Gasteiger partial charge is 0.141 e. The molecular weight excluding hydrogens is 336 g/mol. The van der Waals surface area contributed by atoms with Gasteiger partial charge >= 0.3 is 0 Å². The number of hydrogen-bond donors (Lipinski definition) is 0. The molecule has 0 saturated carbocycles. The molecular formula is C22H26N4O. The largest absolute Gasteiger partial charge is 0.361 e. The highest BCUT2D eigenvalue weighted by molar-refractivity contribution is 5.67. The average Bonchev–Trinajstić information content (AvgIpc) is 3.03. The van der Waals surface area contributed by atoms with Crippen LogP contribution >= 0.6 is 0 Å². The topological polar surface area (TPSA) is 55.1 Å². The van der Waals surface area contributed by atoms with Gasteiger partial charge < -0.3 is 4.52 Å². The van der Waals surface area contributed by atoms with Crippen molar-refractivity contribution < 1.29 is 4.52 Å². The lowest BCUT2D eigenvalue weighted by atomic mass is 9.91. The molecule has 140 valence electrons. The van der Waals surface area contributed by atoms with E-state index < -0.39 is 0 Å². The van der Waals surface area contributed by atoms with Gasteiger partial charge in [-0.3, -0.25) is 14.9 Å². The van der Waals surface area contributed by atoms with Crippen LogP contribution in [0.4, 0.5) is 0 Å². The van der Waals surface area contributed by atoms with Crippen molar-refractivity contribution >= 4 is 0 Å². The van der Waals surface area contributed by atoms with Gasteiger partial charge in [0.15, 0.2) is 0 Å². The van der Waals surface area contributed by atoms with E-state index in [1.807, 2.05) is 32.4 Å². The van der Waals surface area contributed by atoms with Crippen LogP contribution in [-0.4, -0.2) is 33.1 Å². The molecule has 0 atom stereocenters. The Bertz CT molecular complexity index is 906. The first-order chi connectivity index (χ1) is 13.1. The molecule has 3 aromatic rings. The molecule has 4 heterocycles. The Balaban J connectivity index is 1.44. The fourth-order valence-corrected chi connectivity index (χ4v) is 4.03. The molecule has 0 bridgehead atoms. The summed E-state index contributed by atoms with van der Waals surface area (Å²) in [7, 11) is 0. The first kappa shape index (κ1) is 17.9. The summed E-state index contributed by atoms with van der Waals surface area (Å²) in [6.07, 6.45) is 8.04. The summed E-state index contributed by atoms with van der Waals surface area (Å²) in [6, 6.07) is 6.41. The molecule has 1 aliphatic heterocycles. The minimum atomic E-state index is 0.514. The molecule has 1 fully saturated rings. The zero-order valence-corrected chi connectivity index (χ0v) is 16.3. The van der Waals surface area contributed by atoms with E-state index in [4.69, 9.17) is 4.52 Å². The van der Waals surface area contributed by atoms with Crippen molar-refractivity contribution in [1.82, 2.24) is 20.0 Å². The molecule has 0 radical (unpaired) electrons. The normalized spacial score (nSPS) is 16.0. The van der Waals surface area contributed by atoms with Crippen LogP contribution in [0, 0.1) is 20.8 Å². The van der Waals surface area contributed by atoms with Gasteiger partial charge in [0.2, 0.25) is 0 Å². The van der Waals surface area contributed by atoms with Crippen LogP contribution in [-0.2, 0) is 6.54 Å². The maximum Gasteiger partial charge on any atom is 0.141 e. The predicted octanol–water partition coefficient (Wildman–Crippen LogP) is 4.44. The van der Waals surface area contributed by atoms with Crippen LogP contribution in [0.5, 0.6) is 0 Å². The second kappa shape index (κ2) is 7.61. The number of likely N-dealkylation sites (tertiary alicyclic amines) is 1. The van der Waals surface area contributed by atoms with E-state index in [0.29, 0.717) is 5.92 Å². The summed E-state index contributed by atoms with van der Waals surface area (Å²) in [5.41, 5.74) is 7.03. The molecule has 0 aromatic carbocycles. The highest BCUT2D eigenvalue weighted by atomic mass is 16.5. The summed E-state index contributed by atoms with van der Waals surface area (Å²) in [6.45, 7) is 9.31. The predicted molar refractivity (Wildman–Crippen MR) is 105 cm³/mol. The molecule has 0 unspecified atom stereocenters. The summed E-state index contributed by atoms with van der Waals surface area (Å²) in [5.74, 6) is 1.38. The van der Waals surface area contributed by atoms with Gasteiger partial charge in [-0.05, 0) is 81.6 Å². The maximum atomic E-state index is 5.33. The average molecular weight is 362 g/mol. The van der Waals surface area contributed by atoms with Crippen molar-refractivity contribution in [3.05, 3.63) is 65.1 Å². The third-order valence-corrected chi connectivity index (χ3v) is 5.64. The van der Waals surface area contributed by atoms with Crippen LogP contribution in [0.25, 0.3) is 11.1 Å². The molecule has 0 aliphatic carbocycles. The molecule has 5 nitrogen and oxygen atoms in total. The number of nitrogens with zero attached hydrogens (tertiary/aromatic N) is 4. The quantitative estimate of drug-likeness (QED) is 0.687. The van der Waals surface area contributed by atoms with Crippen LogP contribution in [0.2, 0.25) is 0 Å². The molecule has 0 N–H and O–H groups in total. The van der Waals surface area contributed by atoms with Gasteiger partial charge in [-0.1, -0.05) is 5.16 Å². The summed E-state index contributed by atoms with van der Waals surface area (Å²) in [5, 5.41) is 4.09. The molecule has 3 aromatic heterocycles. The summed E-state index contributed by atoms with van der Waals surface area (Å²) < 4.78 is 5.33.